The quantitative estimate of drug-likeness (QED) is 0.555. The summed E-state index contributed by atoms with van der Waals surface area (Å²) in [6.45, 7) is 1.89. The van der Waals surface area contributed by atoms with E-state index >= 15 is 0 Å². The van der Waals surface area contributed by atoms with Crippen molar-refractivity contribution in [3.63, 3.8) is 0 Å². The van der Waals surface area contributed by atoms with Gasteiger partial charge in [-0.1, -0.05) is 0 Å². The zero-order valence-corrected chi connectivity index (χ0v) is 10.2. The van der Waals surface area contributed by atoms with Crippen LogP contribution in [-0.4, -0.2) is 39.8 Å². The smallest absolute Gasteiger partial charge is 0.326 e. The molecule has 18 heavy (non-hydrogen) atoms. The van der Waals surface area contributed by atoms with Crippen LogP contribution in [0.5, 0.6) is 0 Å². The zero-order valence-electron chi connectivity index (χ0n) is 10.2. The number of carbonyl (C=O) groups excluding carboxylic acids is 1. The molecule has 0 saturated heterocycles. The van der Waals surface area contributed by atoms with Crippen LogP contribution in [0.3, 0.4) is 0 Å². The molecule has 2 amide bonds. The van der Waals surface area contributed by atoms with E-state index in [-0.39, 0.29) is 18.4 Å². The Labute approximate surface area is 105 Å². The Balaban J connectivity index is 2.42. The second kappa shape index (κ2) is 5.70. The summed E-state index contributed by atoms with van der Waals surface area (Å²) in [7, 11) is 0. The zero-order chi connectivity index (χ0) is 13.8. The van der Waals surface area contributed by atoms with Crippen molar-refractivity contribution in [2.24, 2.45) is 0 Å². The summed E-state index contributed by atoms with van der Waals surface area (Å²) in [6, 6.07) is -1.74. The van der Waals surface area contributed by atoms with Crippen molar-refractivity contribution in [3.8, 4) is 0 Å². The molecule has 0 aromatic heterocycles. The second-order valence-corrected chi connectivity index (χ2v) is 4.84. The van der Waals surface area contributed by atoms with Crippen LogP contribution < -0.4 is 10.6 Å². The van der Waals surface area contributed by atoms with E-state index in [2.05, 4.69) is 10.6 Å². The van der Waals surface area contributed by atoms with Crippen molar-refractivity contribution in [2.75, 3.05) is 0 Å². The van der Waals surface area contributed by atoms with Gasteiger partial charge < -0.3 is 20.8 Å². The molecule has 0 radical (unpaired) electrons. The van der Waals surface area contributed by atoms with E-state index in [0.29, 0.717) is 0 Å². The van der Waals surface area contributed by atoms with Crippen molar-refractivity contribution in [2.45, 2.75) is 50.6 Å². The molecule has 0 bridgehead atoms. The summed E-state index contributed by atoms with van der Waals surface area (Å²) in [5.41, 5.74) is -0.264. The van der Waals surface area contributed by atoms with Crippen molar-refractivity contribution >= 4 is 18.0 Å². The molecule has 1 aliphatic carbocycles. The van der Waals surface area contributed by atoms with E-state index in [1.54, 1.807) is 0 Å². The lowest BCUT2D eigenvalue weighted by Crippen LogP contribution is -2.56. The monoisotopic (exact) mass is 258 g/mol. The molecule has 102 valence electrons. The topological polar surface area (TPSA) is 116 Å². The van der Waals surface area contributed by atoms with Gasteiger partial charge in [0.2, 0.25) is 0 Å². The number of urea groups is 1. The maximum atomic E-state index is 11.6. The van der Waals surface area contributed by atoms with Crippen molar-refractivity contribution < 1.29 is 24.6 Å². The third-order valence-electron chi connectivity index (χ3n) is 3.12. The maximum absolute atomic E-state index is 11.6. The summed E-state index contributed by atoms with van der Waals surface area (Å²) in [5, 5.41) is 22.3. The molecule has 0 aromatic rings. The van der Waals surface area contributed by atoms with Gasteiger partial charge >= 0.3 is 18.0 Å². The number of aliphatic carboxylic acids is 2. The van der Waals surface area contributed by atoms with Crippen LogP contribution in [-0.2, 0) is 9.59 Å². The SMILES string of the molecule is CC1(NC(=O)N[C@@H](CCC(=O)O)C(=O)O)CCC1. The molecule has 1 aliphatic rings. The number of rotatable bonds is 6. The number of carboxylic acids is 2. The van der Waals surface area contributed by atoms with Crippen LogP contribution in [0, 0.1) is 0 Å². The Morgan fingerprint density at radius 2 is 1.89 bits per heavy atom. The van der Waals surface area contributed by atoms with Crippen LogP contribution in [0.25, 0.3) is 0 Å². The van der Waals surface area contributed by atoms with E-state index < -0.39 is 24.0 Å². The molecule has 0 aromatic carbocycles. The molecule has 4 N–H and O–H groups in total. The number of nitrogens with one attached hydrogen (secondary N) is 2. The lowest BCUT2D eigenvalue weighted by atomic mass is 9.79. The van der Waals surface area contributed by atoms with Gasteiger partial charge in [0, 0.05) is 12.0 Å². The van der Waals surface area contributed by atoms with Crippen molar-refractivity contribution in [1.82, 2.24) is 10.6 Å². The van der Waals surface area contributed by atoms with Gasteiger partial charge in [0.1, 0.15) is 6.04 Å². The Morgan fingerprint density at radius 3 is 2.28 bits per heavy atom. The molecule has 0 heterocycles. The largest absolute Gasteiger partial charge is 0.481 e. The Bertz CT molecular complexity index is 351. The van der Waals surface area contributed by atoms with Crippen molar-refractivity contribution in [3.05, 3.63) is 0 Å². The average molecular weight is 258 g/mol. The average Bonchev–Trinajstić information content (AvgIpc) is 2.21. The third kappa shape index (κ3) is 4.23. The first kappa shape index (κ1) is 14.3. The second-order valence-electron chi connectivity index (χ2n) is 4.84. The predicted octanol–water partition coefficient (Wildman–Crippen LogP) is 0.546. The first-order chi connectivity index (χ1) is 8.32. The minimum atomic E-state index is -1.23. The van der Waals surface area contributed by atoms with Gasteiger partial charge in [0.05, 0.1) is 0 Å². The Kier molecular flexibility index (Phi) is 4.52. The maximum Gasteiger partial charge on any atom is 0.326 e. The van der Waals surface area contributed by atoms with Gasteiger partial charge in [-0.05, 0) is 32.6 Å². The third-order valence-corrected chi connectivity index (χ3v) is 3.12. The molecule has 1 fully saturated rings. The normalized spacial score (nSPS) is 18.3. The highest BCUT2D eigenvalue weighted by Crippen LogP contribution is 2.30. The van der Waals surface area contributed by atoms with E-state index in [1.165, 1.54) is 0 Å². The van der Waals surface area contributed by atoms with Crippen LogP contribution in [0.2, 0.25) is 0 Å². The van der Waals surface area contributed by atoms with E-state index in [0.717, 1.165) is 19.3 Å². The molecule has 1 saturated carbocycles. The summed E-state index contributed by atoms with van der Waals surface area (Å²) in [6.07, 6.45) is 2.35. The molecule has 0 unspecified atom stereocenters. The van der Waals surface area contributed by atoms with Gasteiger partial charge in [-0.2, -0.15) is 0 Å². The molecule has 7 nitrogen and oxygen atoms in total. The van der Waals surface area contributed by atoms with E-state index in [9.17, 15) is 14.4 Å². The minimum Gasteiger partial charge on any atom is -0.481 e. The fourth-order valence-corrected chi connectivity index (χ4v) is 1.83. The summed E-state index contributed by atoms with van der Waals surface area (Å²) < 4.78 is 0. The van der Waals surface area contributed by atoms with Gasteiger partial charge in [-0.3, -0.25) is 4.79 Å². The fraction of sp³-hybridized carbons (Fsp3) is 0.727. The predicted molar refractivity (Wildman–Crippen MR) is 62.2 cm³/mol. The Morgan fingerprint density at radius 1 is 1.28 bits per heavy atom. The number of hydrogen-bond acceptors (Lipinski definition) is 3. The highest BCUT2D eigenvalue weighted by Gasteiger charge is 2.34. The molecular formula is C11H18N2O5. The number of amides is 2. The molecule has 7 heteroatoms. The molecular weight excluding hydrogens is 240 g/mol. The number of carbonyl (C=O) groups is 3. The first-order valence-electron chi connectivity index (χ1n) is 5.86. The molecule has 0 aliphatic heterocycles. The summed E-state index contributed by atoms with van der Waals surface area (Å²) in [5.74, 6) is -2.32. The van der Waals surface area contributed by atoms with Crippen molar-refractivity contribution in [1.29, 1.82) is 0 Å². The molecule has 1 rings (SSSR count). The number of hydrogen-bond donors (Lipinski definition) is 4. The highest BCUT2D eigenvalue weighted by atomic mass is 16.4. The number of carboxylic acid groups (broad SMARTS) is 2. The van der Waals surface area contributed by atoms with Gasteiger partial charge in [-0.25, -0.2) is 9.59 Å². The lowest BCUT2D eigenvalue weighted by molar-refractivity contribution is -0.140. The van der Waals surface area contributed by atoms with Crippen LogP contribution >= 0.6 is 0 Å². The Hall–Kier alpha value is -1.79. The minimum absolute atomic E-state index is 0.130. The van der Waals surface area contributed by atoms with E-state index in [1.807, 2.05) is 6.92 Å². The van der Waals surface area contributed by atoms with Crippen LogP contribution in [0.15, 0.2) is 0 Å². The summed E-state index contributed by atoms with van der Waals surface area (Å²) >= 11 is 0. The molecule has 0 spiro atoms. The highest BCUT2D eigenvalue weighted by molar-refractivity contribution is 5.83. The van der Waals surface area contributed by atoms with Gasteiger partial charge in [0.15, 0.2) is 0 Å². The summed E-state index contributed by atoms with van der Waals surface area (Å²) in [4.78, 5) is 32.8. The fourth-order valence-electron chi connectivity index (χ4n) is 1.83. The first-order valence-corrected chi connectivity index (χ1v) is 5.86. The van der Waals surface area contributed by atoms with Gasteiger partial charge in [0.25, 0.3) is 0 Å². The van der Waals surface area contributed by atoms with Crippen LogP contribution in [0.4, 0.5) is 4.79 Å². The van der Waals surface area contributed by atoms with E-state index in [4.69, 9.17) is 10.2 Å². The lowest BCUT2D eigenvalue weighted by Gasteiger charge is -2.39. The standard InChI is InChI=1S/C11H18N2O5/c1-11(5-2-6-11)13-10(18)12-7(9(16)17)3-4-8(14)15/h7H,2-6H2,1H3,(H,14,15)(H,16,17)(H2,12,13,18)/t7-/m0/s1. The van der Waals surface area contributed by atoms with Crippen LogP contribution in [0.1, 0.15) is 39.0 Å². The molecule has 1 atom stereocenters. The van der Waals surface area contributed by atoms with Gasteiger partial charge in [-0.15, -0.1) is 0 Å².